The number of aliphatic imine (C=N–C) groups is 1. The van der Waals surface area contributed by atoms with Crippen LogP contribution in [-0.2, 0) is 0 Å². The summed E-state index contributed by atoms with van der Waals surface area (Å²) in [6.07, 6.45) is 6.96. The quantitative estimate of drug-likeness (QED) is 0.844. The van der Waals surface area contributed by atoms with Crippen molar-refractivity contribution in [1.82, 2.24) is 0 Å². The third-order valence-corrected chi connectivity index (χ3v) is 4.37. The fraction of sp³-hybridized carbons (Fsp3) is 0.533. The molecule has 2 aliphatic rings. The van der Waals surface area contributed by atoms with Gasteiger partial charge in [0.25, 0.3) is 0 Å². The van der Waals surface area contributed by atoms with Crippen LogP contribution < -0.4 is 10.6 Å². The second kappa shape index (κ2) is 4.83. The highest BCUT2D eigenvalue weighted by Crippen LogP contribution is 2.39. The van der Waals surface area contributed by atoms with E-state index in [1.54, 1.807) is 12.1 Å². The number of nitrogens with zero attached hydrogens (tertiary/aromatic N) is 2. The van der Waals surface area contributed by atoms with Crippen molar-refractivity contribution in [3.63, 3.8) is 0 Å². The molecule has 1 aliphatic carbocycles. The number of hydrogen-bond acceptors (Lipinski definition) is 3. The number of para-hydroxylation sites is 1. The van der Waals surface area contributed by atoms with Gasteiger partial charge in [0.2, 0.25) is 0 Å². The summed E-state index contributed by atoms with van der Waals surface area (Å²) in [5.41, 5.74) is 6.52. The fourth-order valence-electron chi connectivity index (χ4n) is 3.39. The lowest BCUT2D eigenvalue weighted by Crippen LogP contribution is -2.52. The van der Waals surface area contributed by atoms with Gasteiger partial charge in [0, 0.05) is 0 Å². The average molecular weight is 261 g/mol. The first-order chi connectivity index (χ1) is 9.23. The number of nitrogens with two attached hydrogens (primary N) is 1. The van der Waals surface area contributed by atoms with Crippen molar-refractivity contribution in [1.29, 1.82) is 0 Å². The molecule has 102 valence electrons. The Hall–Kier alpha value is -1.58. The maximum absolute atomic E-state index is 14.1. The van der Waals surface area contributed by atoms with Gasteiger partial charge in [-0.3, -0.25) is 4.99 Å². The van der Waals surface area contributed by atoms with Gasteiger partial charge in [-0.05, 0) is 25.0 Å². The molecule has 0 bridgehead atoms. The standard InChI is InChI=1S/C15H20FN3/c16-12-7-3-4-8-13(12)19-14(17)18-11-15(19)9-5-1-2-6-10-15/h3-4,7-8H,1-2,5-6,9-11H2,(H2,17,18). The number of guanidine groups is 1. The molecule has 4 heteroatoms. The SMILES string of the molecule is NC1=NCC2(CCCCCC2)N1c1ccccc1F. The topological polar surface area (TPSA) is 41.6 Å². The summed E-state index contributed by atoms with van der Waals surface area (Å²) in [5, 5.41) is 0. The maximum atomic E-state index is 14.1. The first kappa shape index (κ1) is 12.5. The van der Waals surface area contributed by atoms with Gasteiger partial charge in [0.05, 0.1) is 17.8 Å². The Balaban J connectivity index is 2.00. The van der Waals surface area contributed by atoms with Crippen molar-refractivity contribution in [2.75, 3.05) is 11.4 Å². The van der Waals surface area contributed by atoms with Crippen LogP contribution in [0.2, 0.25) is 0 Å². The summed E-state index contributed by atoms with van der Waals surface area (Å²) in [6, 6.07) is 6.86. The molecular weight excluding hydrogens is 241 g/mol. The summed E-state index contributed by atoms with van der Waals surface area (Å²) >= 11 is 0. The van der Waals surface area contributed by atoms with Gasteiger partial charge >= 0.3 is 0 Å². The van der Waals surface area contributed by atoms with Crippen LogP contribution in [0.3, 0.4) is 0 Å². The first-order valence-electron chi connectivity index (χ1n) is 7.08. The Bertz CT molecular complexity index is 490. The van der Waals surface area contributed by atoms with E-state index in [2.05, 4.69) is 4.99 Å². The Morgan fingerprint density at radius 3 is 2.47 bits per heavy atom. The maximum Gasteiger partial charge on any atom is 0.196 e. The number of hydrogen-bond donors (Lipinski definition) is 1. The zero-order valence-corrected chi connectivity index (χ0v) is 11.1. The highest BCUT2D eigenvalue weighted by Gasteiger charge is 2.43. The highest BCUT2D eigenvalue weighted by atomic mass is 19.1. The highest BCUT2D eigenvalue weighted by molar-refractivity contribution is 5.98. The smallest absolute Gasteiger partial charge is 0.196 e. The molecule has 0 atom stereocenters. The number of halogens is 1. The van der Waals surface area contributed by atoms with E-state index in [0.717, 1.165) is 12.8 Å². The van der Waals surface area contributed by atoms with Crippen molar-refractivity contribution in [3.8, 4) is 0 Å². The van der Waals surface area contributed by atoms with Crippen LogP contribution in [0.15, 0.2) is 29.3 Å². The van der Waals surface area contributed by atoms with E-state index >= 15 is 0 Å². The van der Waals surface area contributed by atoms with E-state index in [1.165, 1.54) is 31.7 Å². The normalized spacial score (nSPS) is 22.4. The van der Waals surface area contributed by atoms with Crippen molar-refractivity contribution < 1.29 is 4.39 Å². The van der Waals surface area contributed by atoms with E-state index in [1.807, 2.05) is 11.0 Å². The molecule has 0 amide bonds. The van der Waals surface area contributed by atoms with Gasteiger partial charge < -0.3 is 10.6 Å². The van der Waals surface area contributed by atoms with Gasteiger partial charge in [0.1, 0.15) is 5.82 Å². The van der Waals surface area contributed by atoms with Crippen LogP contribution in [0.5, 0.6) is 0 Å². The van der Waals surface area contributed by atoms with Crippen LogP contribution in [0.4, 0.5) is 10.1 Å². The third-order valence-electron chi connectivity index (χ3n) is 4.37. The second-order valence-electron chi connectivity index (χ2n) is 5.60. The Kier molecular flexibility index (Phi) is 3.17. The van der Waals surface area contributed by atoms with Gasteiger partial charge in [0.15, 0.2) is 5.96 Å². The molecule has 19 heavy (non-hydrogen) atoms. The molecule has 3 nitrogen and oxygen atoms in total. The van der Waals surface area contributed by atoms with Gasteiger partial charge in [-0.2, -0.15) is 0 Å². The van der Waals surface area contributed by atoms with Gasteiger partial charge in [-0.15, -0.1) is 0 Å². The van der Waals surface area contributed by atoms with Gasteiger partial charge in [-0.1, -0.05) is 37.8 Å². The van der Waals surface area contributed by atoms with Crippen LogP contribution in [-0.4, -0.2) is 18.0 Å². The van der Waals surface area contributed by atoms with Gasteiger partial charge in [-0.25, -0.2) is 4.39 Å². The molecule has 3 rings (SSSR count). The van der Waals surface area contributed by atoms with E-state index in [4.69, 9.17) is 5.73 Å². The monoisotopic (exact) mass is 261 g/mol. The zero-order valence-electron chi connectivity index (χ0n) is 11.1. The summed E-state index contributed by atoms with van der Waals surface area (Å²) in [5.74, 6) is 0.248. The minimum Gasteiger partial charge on any atom is -0.369 e. The van der Waals surface area contributed by atoms with Crippen molar-refractivity contribution in [2.24, 2.45) is 10.7 Å². The molecule has 0 saturated heterocycles. The van der Waals surface area contributed by atoms with Crippen molar-refractivity contribution in [2.45, 2.75) is 44.1 Å². The molecule has 0 radical (unpaired) electrons. The second-order valence-corrected chi connectivity index (χ2v) is 5.60. The lowest BCUT2D eigenvalue weighted by Gasteiger charge is -2.39. The lowest BCUT2D eigenvalue weighted by atomic mass is 9.88. The fourth-order valence-corrected chi connectivity index (χ4v) is 3.39. The predicted molar refractivity (Wildman–Crippen MR) is 75.8 cm³/mol. The van der Waals surface area contributed by atoms with E-state index in [9.17, 15) is 4.39 Å². The Labute approximate surface area is 113 Å². The molecule has 1 aromatic rings. The Morgan fingerprint density at radius 2 is 1.79 bits per heavy atom. The predicted octanol–water partition coefficient (Wildman–Crippen LogP) is 3.05. The summed E-state index contributed by atoms with van der Waals surface area (Å²) in [7, 11) is 0. The van der Waals surface area contributed by atoms with Crippen LogP contribution in [0.1, 0.15) is 38.5 Å². The zero-order chi connectivity index (χ0) is 13.3. The summed E-state index contributed by atoms with van der Waals surface area (Å²) in [6.45, 7) is 0.702. The largest absolute Gasteiger partial charge is 0.369 e. The Morgan fingerprint density at radius 1 is 1.11 bits per heavy atom. The molecule has 1 aromatic carbocycles. The van der Waals surface area contributed by atoms with E-state index in [-0.39, 0.29) is 11.4 Å². The lowest BCUT2D eigenvalue weighted by molar-refractivity contribution is 0.396. The van der Waals surface area contributed by atoms with Crippen molar-refractivity contribution >= 4 is 11.6 Å². The first-order valence-corrected chi connectivity index (χ1v) is 7.08. The minimum atomic E-state index is -0.217. The molecule has 0 aromatic heterocycles. The molecule has 1 saturated carbocycles. The molecule has 1 spiro atoms. The van der Waals surface area contributed by atoms with Crippen LogP contribution >= 0.6 is 0 Å². The van der Waals surface area contributed by atoms with Crippen LogP contribution in [0, 0.1) is 5.82 Å². The minimum absolute atomic E-state index is 0.0945. The summed E-state index contributed by atoms with van der Waals surface area (Å²) < 4.78 is 14.1. The molecule has 1 heterocycles. The molecule has 1 fully saturated rings. The van der Waals surface area contributed by atoms with E-state index < -0.39 is 0 Å². The van der Waals surface area contributed by atoms with Crippen LogP contribution in [0.25, 0.3) is 0 Å². The summed E-state index contributed by atoms with van der Waals surface area (Å²) in [4.78, 5) is 6.36. The van der Waals surface area contributed by atoms with Crippen molar-refractivity contribution in [3.05, 3.63) is 30.1 Å². The molecular formula is C15H20FN3. The average Bonchev–Trinajstić information content (AvgIpc) is 2.60. The third kappa shape index (κ3) is 2.09. The molecule has 0 unspecified atom stereocenters. The molecule has 2 N–H and O–H groups in total. The van der Waals surface area contributed by atoms with E-state index in [0.29, 0.717) is 18.2 Å². The number of benzene rings is 1. The number of rotatable bonds is 1. The number of anilines is 1. The molecule has 1 aliphatic heterocycles.